The van der Waals surface area contributed by atoms with Crippen molar-refractivity contribution in [1.29, 1.82) is 0 Å². The Morgan fingerprint density at radius 3 is 1.74 bits per heavy atom. The zero-order valence-electron chi connectivity index (χ0n) is 29.1. The van der Waals surface area contributed by atoms with Gasteiger partial charge in [-0.3, -0.25) is 4.57 Å². The average Bonchev–Trinajstić information content (AvgIpc) is 3.83. The fourth-order valence-corrected chi connectivity index (χ4v) is 10.2. The van der Waals surface area contributed by atoms with Gasteiger partial charge in [0.15, 0.2) is 0 Å². The first kappa shape index (κ1) is 28.9. The van der Waals surface area contributed by atoms with E-state index >= 15 is 0 Å². The van der Waals surface area contributed by atoms with Crippen LogP contribution in [0, 0.1) is 6.92 Å². The van der Waals surface area contributed by atoms with Crippen molar-refractivity contribution in [3.63, 3.8) is 0 Å². The standard InChI is InChI=1S/C51H32N2/c1-31-52-46-27-12-13-28-47(46)53(31)33-16-14-15-32(29-33)42-30-45-48(39-22-5-3-19-36(39)42)49-40-23-6-2-17-34(40)35-18-4-7-24-41(35)50(49)51(45)43-25-10-8-20-37(43)38-21-9-11-26-44(38)51/h2-30H,1H3. The van der Waals surface area contributed by atoms with Gasteiger partial charge in [0.1, 0.15) is 5.82 Å². The highest BCUT2D eigenvalue weighted by Crippen LogP contribution is 2.66. The first-order valence-electron chi connectivity index (χ1n) is 18.5. The smallest absolute Gasteiger partial charge is 0.111 e. The van der Waals surface area contributed by atoms with E-state index in [1.54, 1.807) is 0 Å². The normalized spacial score (nSPS) is 13.5. The second-order valence-corrected chi connectivity index (χ2v) is 14.6. The van der Waals surface area contributed by atoms with Crippen LogP contribution >= 0.6 is 0 Å². The lowest BCUT2D eigenvalue weighted by atomic mass is 9.68. The van der Waals surface area contributed by atoms with Crippen LogP contribution in [0.25, 0.3) is 82.4 Å². The Morgan fingerprint density at radius 2 is 1.00 bits per heavy atom. The van der Waals surface area contributed by atoms with E-state index < -0.39 is 5.41 Å². The highest BCUT2D eigenvalue weighted by Gasteiger charge is 2.53. The maximum Gasteiger partial charge on any atom is 0.111 e. The Morgan fingerprint density at radius 1 is 0.434 bits per heavy atom. The van der Waals surface area contributed by atoms with Crippen LogP contribution in [0.15, 0.2) is 176 Å². The minimum Gasteiger partial charge on any atom is -0.297 e. The summed E-state index contributed by atoms with van der Waals surface area (Å²) in [5.74, 6) is 0.981. The first-order valence-corrected chi connectivity index (χ1v) is 18.5. The fourth-order valence-electron chi connectivity index (χ4n) is 10.2. The van der Waals surface area contributed by atoms with Gasteiger partial charge in [-0.2, -0.15) is 0 Å². The lowest BCUT2D eigenvalue weighted by Crippen LogP contribution is -2.26. The molecule has 2 aliphatic carbocycles. The highest BCUT2D eigenvalue weighted by molar-refractivity contribution is 6.24. The van der Waals surface area contributed by atoms with Crippen molar-refractivity contribution in [2.75, 3.05) is 0 Å². The van der Waals surface area contributed by atoms with Crippen molar-refractivity contribution >= 4 is 43.4 Å². The Hall–Kier alpha value is -6.77. The number of hydrogen-bond acceptors (Lipinski definition) is 1. The summed E-state index contributed by atoms with van der Waals surface area (Å²) < 4.78 is 2.29. The minimum atomic E-state index is -0.505. The van der Waals surface area contributed by atoms with Gasteiger partial charge < -0.3 is 0 Å². The molecule has 53 heavy (non-hydrogen) atoms. The molecule has 0 fully saturated rings. The SMILES string of the molecule is Cc1nc2ccccc2n1-c1cccc(-c2cc3c(c4ccccc24)-c2c(c4ccccc4c4ccccc24)C32c3ccccc3-c3ccccc32)c1. The van der Waals surface area contributed by atoms with Crippen LogP contribution < -0.4 is 0 Å². The summed E-state index contributed by atoms with van der Waals surface area (Å²) >= 11 is 0. The maximum absolute atomic E-state index is 4.92. The third-order valence-corrected chi connectivity index (χ3v) is 12.1. The third-order valence-electron chi connectivity index (χ3n) is 12.1. The quantitative estimate of drug-likeness (QED) is 0.167. The van der Waals surface area contributed by atoms with E-state index in [-0.39, 0.29) is 0 Å². The van der Waals surface area contributed by atoms with Crippen LogP contribution in [0.1, 0.15) is 28.1 Å². The molecule has 0 saturated carbocycles. The summed E-state index contributed by atoms with van der Waals surface area (Å²) in [6, 6.07) is 65.5. The van der Waals surface area contributed by atoms with Crippen LogP contribution in [-0.4, -0.2) is 9.55 Å². The number of imidazole rings is 1. The van der Waals surface area contributed by atoms with Gasteiger partial charge in [-0.25, -0.2) is 4.98 Å². The van der Waals surface area contributed by atoms with Crippen LogP contribution in [0.3, 0.4) is 0 Å². The van der Waals surface area contributed by atoms with Gasteiger partial charge in [0.25, 0.3) is 0 Å². The van der Waals surface area contributed by atoms with Gasteiger partial charge in [-0.1, -0.05) is 146 Å². The topological polar surface area (TPSA) is 17.8 Å². The Labute approximate surface area is 307 Å². The molecule has 2 aliphatic rings. The summed E-state index contributed by atoms with van der Waals surface area (Å²) in [7, 11) is 0. The van der Waals surface area contributed by atoms with Gasteiger partial charge in [0, 0.05) is 5.69 Å². The van der Waals surface area contributed by atoms with Crippen LogP contribution in [0.4, 0.5) is 0 Å². The molecule has 1 aromatic heterocycles. The van der Waals surface area contributed by atoms with Crippen molar-refractivity contribution in [3.8, 4) is 39.1 Å². The largest absolute Gasteiger partial charge is 0.297 e. The van der Waals surface area contributed by atoms with E-state index in [1.165, 1.54) is 88.0 Å². The van der Waals surface area contributed by atoms with Crippen molar-refractivity contribution in [2.45, 2.75) is 12.3 Å². The number of fused-ring (bicyclic) bond motifs is 18. The monoisotopic (exact) mass is 672 g/mol. The van der Waals surface area contributed by atoms with Gasteiger partial charge in [-0.05, 0) is 125 Å². The predicted octanol–water partition coefficient (Wildman–Crippen LogP) is 12.8. The van der Waals surface area contributed by atoms with Gasteiger partial charge >= 0.3 is 0 Å². The van der Waals surface area contributed by atoms with E-state index in [1.807, 2.05) is 0 Å². The summed E-state index contributed by atoms with van der Waals surface area (Å²) in [5, 5.41) is 7.78. The predicted molar refractivity (Wildman–Crippen MR) is 220 cm³/mol. The van der Waals surface area contributed by atoms with E-state index in [2.05, 4.69) is 187 Å². The fraction of sp³-hybridized carbons (Fsp3) is 0.0392. The van der Waals surface area contributed by atoms with Gasteiger partial charge in [-0.15, -0.1) is 0 Å². The Bertz CT molecular complexity index is 3150. The van der Waals surface area contributed by atoms with Gasteiger partial charge in [0.05, 0.1) is 16.4 Å². The lowest BCUT2D eigenvalue weighted by molar-refractivity contribution is 0.803. The summed E-state index contributed by atoms with van der Waals surface area (Å²) in [4.78, 5) is 4.92. The molecule has 0 atom stereocenters. The van der Waals surface area contributed by atoms with Crippen LogP contribution in [0.5, 0.6) is 0 Å². The zero-order chi connectivity index (χ0) is 34.8. The second-order valence-electron chi connectivity index (χ2n) is 14.6. The van der Waals surface area contributed by atoms with E-state index in [9.17, 15) is 0 Å². The number of aromatic nitrogens is 2. The second kappa shape index (κ2) is 10.4. The molecule has 1 spiro atoms. The van der Waals surface area contributed by atoms with Crippen molar-refractivity contribution in [1.82, 2.24) is 9.55 Å². The number of benzene rings is 9. The molecule has 0 unspecified atom stereocenters. The van der Waals surface area contributed by atoms with E-state index in [4.69, 9.17) is 4.98 Å². The molecule has 2 nitrogen and oxygen atoms in total. The van der Waals surface area contributed by atoms with Gasteiger partial charge in [0.2, 0.25) is 0 Å². The summed E-state index contributed by atoms with van der Waals surface area (Å²) in [6.45, 7) is 2.10. The zero-order valence-corrected chi connectivity index (χ0v) is 29.1. The molecule has 0 amide bonds. The molecule has 0 saturated heterocycles. The molecule has 0 radical (unpaired) electrons. The molecule has 9 aromatic carbocycles. The molecule has 0 bridgehead atoms. The van der Waals surface area contributed by atoms with Crippen LogP contribution in [0.2, 0.25) is 0 Å². The van der Waals surface area contributed by atoms with Crippen LogP contribution in [-0.2, 0) is 5.41 Å². The number of nitrogens with zero attached hydrogens (tertiary/aromatic N) is 2. The minimum absolute atomic E-state index is 0.505. The molecule has 2 heteroatoms. The summed E-state index contributed by atoms with van der Waals surface area (Å²) in [6.07, 6.45) is 0. The molecule has 0 aliphatic heterocycles. The number of aryl methyl sites for hydroxylation is 1. The number of hydrogen-bond donors (Lipinski definition) is 0. The highest BCUT2D eigenvalue weighted by atomic mass is 15.1. The molecular formula is C51H32N2. The first-order chi connectivity index (χ1) is 26.2. The lowest BCUT2D eigenvalue weighted by Gasteiger charge is -2.32. The number of rotatable bonds is 2. The molecule has 10 aromatic rings. The third kappa shape index (κ3) is 3.60. The molecule has 246 valence electrons. The summed E-state index contributed by atoms with van der Waals surface area (Å²) in [5.41, 5.74) is 16.0. The molecule has 12 rings (SSSR count). The Kier molecular flexibility index (Phi) is 5.67. The van der Waals surface area contributed by atoms with E-state index in [0.29, 0.717) is 0 Å². The maximum atomic E-state index is 4.92. The van der Waals surface area contributed by atoms with Crippen molar-refractivity contribution < 1.29 is 0 Å². The van der Waals surface area contributed by atoms with Crippen molar-refractivity contribution in [2.24, 2.45) is 0 Å². The molecule has 0 N–H and O–H groups in total. The van der Waals surface area contributed by atoms with Crippen molar-refractivity contribution in [3.05, 3.63) is 204 Å². The van der Waals surface area contributed by atoms with E-state index in [0.717, 1.165) is 22.5 Å². The number of para-hydroxylation sites is 2. The molecule has 1 heterocycles. The Balaban J connectivity index is 1.27. The molecular weight excluding hydrogens is 641 g/mol. The average molecular weight is 673 g/mol.